The fourth-order valence-corrected chi connectivity index (χ4v) is 4.88. The van der Waals surface area contributed by atoms with Crippen LogP contribution in [0.5, 0.6) is 0 Å². The zero-order valence-electron chi connectivity index (χ0n) is 10.4. The third kappa shape index (κ3) is 1.20. The van der Waals surface area contributed by atoms with Crippen LogP contribution in [0.3, 0.4) is 0 Å². The highest BCUT2D eigenvalue weighted by atomic mass is 16.3. The number of aliphatic hydroxyl groups is 1. The fourth-order valence-electron chi connectivity index (χ4n) is 4.88. The first-order valence-electron chi connectivity index (χ1n) is 6.65. The summed E-state index contributed by atoms with van der Waals surface area (Å²) in [6, 6.07) is 0. The molecule has 3 aliphatic carbocycles. The maximum Gasteiger partial charge on any atom is 0.138 e. The topological polar surface area (TPSA) is 37.3 Å². The van der Waals surface area contributed by atoms with Crippen molar-refractivity contribution >= 4 is 5.78 Å². The normalized spacial score (nSPS) is 54.1. The summed E-state index contributed by atoms with van der Waals surface area (Å²) in [6.45, 7) is 6.83. The summed E-state index contributed by atoms with van der Waals surface area (Å²) >= 11 is 0. The Morgan fingerprint density at radius 3 is 2.62 bits per heavy atom. The second-order valence-corrected chi connectivity index (χ2v) is 6.85. The molecule has 0 amide bonds. The molecule has 3 rings (SSSR count). The van der Waals surface area contributed by atoms with Gasteiger partial charge >= 0.3 is 0 Å². The largest absolute Gasteiger partial charge is 0.392 e. The van der Waals surface area contributed by atoms with E-state index in [0.717, 1.165) is 6.42 Å². The molecule has 90 valence electrons. The van der Waals surface area contributed by atoms with Gasteiger partial charge in [-0.1, -0.05) is 20.8 Å². The Balaban J connectivity index is 1.96. The van der Waals surface area contributed by atoms with Crippen molar-refractivity contribution in [1.82, 2.24) is 0 Å². The van der Waals surface area contributed by atoms with E-state index in [0.29, 0.717) is 35.9 Å². The van der Waals surface area contributed by atoms with Gasteiger partial charge in [-0.3, -0.25) is 4.79 Å². The Hall–Kier alpha value is -0.370. The molecule has 0 radical (unpaired) electrons. The van der Waals surface area contributed by atoms with E-state index in [1.54, 1.807) is 0 Å². The molecule has 0 bridgehead atoms. The van der Waals surface area contributed by atoms with Crippen LogP contribution in [-0.2, 0) is 4.79 Å². The first-order valence-corrected chi connectivity index (χ1v) is 6.65. The molecule has 6 atom stereocenters. The summed E-state index contributed by atoms with van der Waals surface area (Å²) in [5.41, 5.74) is 0.266. The standard InChI is InChI=1S/C14H22O2/c1-7-4-5-8-9(15)6-10(16)12-13(11(7)8)14(12,2)3/h7-8,10-13,16H,4-6H2,1-3H3/t7-,8+,10-,11-,12+,13-/m1/s1. The summed E-state index contributed by atoms with van der Waals surface area (Å²) < 4.78 is 0. The summed E-state index contributed by atoms with van der Waals surface area (Å²) in [5, 5.41) is 10.1. The monoisotopic (exact) mass is 222 g/mol. The van der Waals surface area contributed by atoms with Crippen LogP contribution >= 0.6 is 0 Å². The molecule has 16 heavy (non-hydrogen) atoms. The van der Waals surface area contributed by atoms with Crippen LogP contribution in [-0.4, -0.2) is 17.0 Å². The van der Waals surface area contributed by atoms with E-state index in [1.165, 1.54) is 6.42 Å². The molecule has 2 heteroatoms. The SMILES string of the molecule is C[C@@H]1CC[C@H]2C(=O)C[C@@H](O)[C@H]3[C@@H]([C@H]12)C3(C)C. The third-order valence-electron chi connectivity index (χ3n) is 5.70. The van der Waals surface area contributed by atoms with Gasteiger partial charge in [0.2, 0.25) is 0 Å². The minimum absolute atomic E-state index is 0.265. The van der Waals surface area contributed by atoms with Crippen LogP contribution in [0.1, 0.15) is 40.0 Å². The van der Waals surface area contributed by atoms with Gasteiger partial charge in [0, 0.05) is 12.3 Å². The molecule has 0 aromatic carbocycles. The van der Waals surface area contributed by atoms with Gasteiger partial charge in [-0.2, -0.15) is 0 Å². The van der Waals surface area contributed by atoms with Gasteiger partial charge in [-0.25, -0.2) is 0 Å². The van der Waals surface area contributed by atoms with Gasteiger partial charge in [0.25, 0.3) is 0 Å². The third-order valence-corrected chi connectivity index (χ3v) is 5.70. The number of aliphatic hydroxyl groups excluding tert-OH is 1. The molecule has 0 aromatic heterocycles. The average molecular weight is 222 g/mol. The zero-order valence-corrected chi connectivity index (χ0v) is 10.4. The summed E-state index contributed by atoms with van der Waals surface area (Å²) in [6.07, 6.45) is 2.32. The Bertz CT molecular complexity index is 334. The molecule has 0 aliphatic heterocycles. The van der Waals surface area contributed by atoms with Crippen LogP contribution in [0.25, 0.3) is 0 Å². The van der Waals surface area contributed by atoms with Crippen molar-refractivity contribution in [1.29, 1.82) is 0 Å². The number of fused-ring (bicyclic) bond motifs is 3. The second kappa shape index (κ2) is 3.10. The van der Waals surface area contributed by atoms with E-state index in [-0.39, 0.29) is 17.4 Å². The summed E-state index contributed by atoms with van der Waals surface area (Å²) in [7, 11) is 0. The van der Waals surface area contributed by atoms with Gasteiger partial charge in [0.1, 0.15) is 5.78 Å². The average Bonchev–Trinajstić information content (AvgIpc) is 2.58. The number of rotatable bonds is 0. The molecule has 0 saturated heterocycles. The van der Waals surface area contributed by atoms with Gasteiger partial charge in [-0.15, -0.1) is 0 Å². The van der Waals surface area contributed by atoms with E-state index >= 15 is 0 Å². The van der Waals surface area contributed by atoms with E-state index in [4.69, 9.17) is 0 Å². The van der Waals surface area contributed by atoms with Crippen molar-refractivity contribution in [3.8, 4) is 0 Å². The lowest BCUT2D eigenvalue weighted by molar-refractivity contribution is -0.125. The number of Topliss-reactive ketones (excluding diaryl/α,β-unsaturated/α-hetero) is 1. The molecule has 0 spiro atoms. The van der Waals surface area contributed by atoms with E-state index < -0.39 is 0 Å². The molecule has 0 heterocycles. The molecular weight excluding hydrogens is 200 g/mol. The first-order chi connectivity index (χ1) is 7.44. The van der Waals surface area contributed by atoms with Gasteiger partial charge in [-0.05, 0) is 41.9 Å². The minimum Gasteiger partial charge on any atom is -0.392 e. The molecule has 1 N–H and O–H groups in total. The van der Waals surface area contributed by atoms with Crippen LogP contribution in [0, 0.1) is 35.0 Å². The van der Waals surface area contributed by atoms with Crippen molar-refractivity contribution in [3.63, 3.8) is 0 Å². The summed E-state index contributed by atoms with van der Waals surface area (Å²) in [5.74, 6) is 2.81. The quantitative estimate of drug-likeness (QED) is 0.682. The Morgan fingerprint density at radius 2 is 1.94 bits per heavy atom. The lowest BCUT2D eigenvalue weighted by Crippen LogP contribution is -2.25. The van der Waals surface area contributed by atoms with E-state index in [1.807, 2.05) is 0 Å². The Morgan fingerprint density at radius 1 is 1.25 bits per heavy atom. The zero-order chi connectivity index (χ0) is 11.7. The minimum atomic E-state index is -0.370. The highest BCUT2D eigenvalue weighted by Gasteiger charge is 2.68. The fraction of sp³-hybridized carbons (Fsp3) is 0.929. The summed E-state index contributed by atoms with van der Waals surface area (Å²) in [4.78, 5) is 12.1. The molecule has 3 fully saturated rings. The Kier molecular flexibility index (Phi) is 2.08. The molecule has 0 aromatic rings. The highest BCUT2D eigenvalue weighted by Crippen LogP contribution is 2.69. The number of ketones is 1. The predicted molar refractivity (Wildman–Crippen MR) is 61.8 cm³/mol. The van der Waals surface area contributed by atoms with Crippen molar-refractivity contribution < 1.29 is 9.90 Å². The molecule has 2 nitrogen and oxygen atoms in total. The maximum absolute atomic E-state index is 12.1. The first kappa shape index (κ1) is 10.8. The molecule has 3 saturated carbocycles. The van der Waals surface area contributed by atoms with Crippen LogP contribution < -0.4 is 0 Å². The lowest BCUT2D eigenvalue weighted by atomic mass is 9.81. The predicted octanol–water partition coefficient (Wildman–Crippen LogP) is 2.25. The van der Waals surface area contributed by atoms with Gasteiger partial charge < -0.3 is 5.11 Å². The maximum atomic E-state index is 12.1. The van der Waals surface area contributed by atoms with Gasteiger partial charge in [0.05, 0.1) is 6.10 Å². The number of carbonyl (C=O) groups is 1. The molecule has 3 aliphatic rings. The molecule has 0 unspecified atom stereocenters. The lowest BCUT2D eigenvalue weighted by Gasteiger charge is -2.23. The highest BCUT2D eigenvalue weighted by molar-refractivity contribution is 5.83. The van der Waals surface area contributed by atoms with E-state index in [9.17, 15) is 9.90 Å². The smallest absolute Gasteiger partial charge is 0.138 e. The van der Waals surface area contributed by atoms with Gasteiger partial charge in [0.15, 0.2) is 0 Å². The van der Waals surface area contributed by atoms with Crippen LogP contribution in [0.2, 0.25) is 0 Å². The number of hydrogen-bond acceptors (Lipinski definition) is 2. The van der Waals surface area contributed by atoms with Crippen molar-refractivity contribution in [2.24, 2.45) is 35.0 Å². The van der Waals surface area contributed by atoms with E-state index in [2.05, 4.69) is 20.8 Å². The second-order valence-electron chi connectivity index (χ2n) is 6.85. The Labute approximate surface area is 97.4 Å². The van der Waals surface area contributed by atoms with Crippen molar-refractivity contribution in [2.45, 2.75) is 46.1 Å². The molecular formula is C14H22O2. The number of carbonyl (C=O) groups excluding carboxylic acids is 1. The van der Waals surface area contributed by atoms with Crippen LogP contribution in [0.4, 0.5) is 0 Å². The van der Waals surface area contributed by atoms with Crippen LogP contribution in [0.15, 0.2) is 0 Å². The number of hydrogen-bond donors (Lipinski definition) is 1. The van der Waals surface area contributed by atoms with Crippen molar-refractivity contribution in [2.75, 3.05) is 0 Å². The van der Waals surface area contributed by atoms with Crippen molar-refractivity contribution in [3.05, 3.63) is 0 Å².